The van der Waals surface area contributed by atoms with Gasteiger partial charge in [-0.3, -0.25) is 9.63 Å². The van der Waals surface area contributed by atoms with Gasteiger partial charge in [-0.05, 0) is 28.4 Å². The first-order valence-corrected chi connectivity index (χ1v) is 5.24. The van der Waals surface area contributed by atoms with Crippen molar-refractivity contribution in [3.63, 3.8) is 0 Å². The lowest BCUT2D eigenvalue weighted by molar-refractivity contribution is -0.0773. The van der Waals surface area contributed by atoms with Crippen LogP contribution in [0.15, 0.2) is 16.7 Å². The molecule has 0 spiro atoms. The Morgan fingerprint density at radius 3 is 2.93 bits per heavy atom. The Morgan fingerprint density at radius 1 is 1.64 bits per heavy atom. The molecule has 1 amide bonds. The highest BCUT2D eigenvalue weighted by molar-refractivity contribution is 9.10. The van der Waals surface area contributed by atoms with E-state index in [-0.39, 0.29) is 5.91 Å². The lowest BCUT2D eigenvalue weighted by Gasteiger charge is -2.13. The van der Waals surface area contributed by atoms with Crippen molar-refractivity contribution in [1.82, 2.24) is 9.63 Å². The minimum absolute atomic E-state index is 0.0734. The monoisotopic (exact) mass is 258 g/mol. The van der Waals surface area contributed by atoms with Gasteiger partial charge in [0.05, 0.1) is 13.2 Å². The van der Waals surface area contributed by atoms with Crippen molar-refractivity contribution in [2.75, 3.05) is 13.2 Å². The summed E-state index contributed by atoms with van der Waals surface area (Å²) in [5.41, 5.74) is 0.638. The molecule has 2 heterocycles. The Hall–Kier alpha value is -0.810. The van der Waals surface area contributed by atoms with Crippen LogP contribution in [0.5, 0.6) is 0 Å². The van der Waals surface area contributed by atoms with Crippen molar-refractivity contribution in [2.24, 2.45) is 7.05 Å². The molecule has 2 rings (SSSR count). The number of aromatic nitrogens is 1. The largest absolute Gasteiger partial charge is 0.345 e. The van der Waals surface area contributed by atoms with Crippen LogP contribution in [0, 0.1) is 0 Å². The molecule has 0 aliphatic carbocycles. The highest BCUT2D eigenvalue weighted by Gasteiger charge is 2.23. The van der Waals surface area contributed by atoms with Crippen molar-refractivity contribution in [3.05, 3.63) is 22.4 Å². The van der Waals surface area contributed by atoms with Crippen molar-refractivity contribution in [3.8, 4) is 0 Å². The zero-order valence-electron chi connectivity index (χ0n) is 7.86. The van der Waals surface area contributed by atoms with Crippen LogP contribution in [-0.4, -0.2) is 28.7 Å². The van der Waals surface area contributed by atoms with Gasteiger partial charge in [0.25, 0.3) is 5.91 Å². The maximum atomic E-state index is 11.8. The van der Waals surface area contributed by atoms with Gasteiger partial charge in [-0.1, -0.05) is 0 Å². The maximum absolute atomic E-state index is 11.8. The smallest absolute Gasteiger partial charge is 0.294 e. The molecule has 5 heteroatoms. The maximum Gasteiger partial charge on any atom is 0.294 e. The molecule has 0 N–H and O–H groups in total. The van der Waals surface area contributed by atoms with Gasteiger partial charge in [-0.2, -0.15) is 0 Å². The van der Waals surface area contributed by atoms with Gasteiger partial charge in [0.15, 0.2) is 0 Å². The molecule has 0 bridgehead atoms. The molecule has 1 aromatic rings. The van der Waals surface area contributed by atoms with E-state index in [0.717, 1.165) is 10.9 Å². The average molecular weight is 259 g/mol. The number of hydroxylamine groups is 2. The van der Waals surface area contributed by atoms with Crippen molar-refractivity contribution in [2.45, 2.75) is 6.42 Å². The van der Waals surface area contributed by atoms with E-state index in [9.17, 15) is 4.79 Å². The zero-order chi connectivity index (χ0) is 10.1. The van der Waals surface area contributed by atoms with Gasteiger partial charge in [0, 0.05) is 17.7 Å². The minimum Gasteiger partial charge on any atom is -0.345 e. The number of carbonyl (C=O) groups is 1. The Morgan fingerprint density at radius 2 is 2.43 bits per heavy atom. The molecule has 4 nitrogen and oxygen atoms in total. The van der Waals surface area contributed by atoms with E-state index in [4.69, 9.17) is 4.84 Å². The summed E-state index contributed by atoms with van der Waals surface area (Å²) in [4.78, 5) is 17.0. The van der Waals surface area contributed by atoms with E-state index >= 15 is 0 Å². The van der Waals surface area contributed by atoms with Gasteiger partial charge in [0.2, 0.25) is 0 Å². The molecular weight excluding hydrogens is 248 g/mol. The summed E-state index contributed by atoms with van der Waals surface area (Å²) in [5.74, 6) is -0.0734. The molecule has 1 fully saturated rings. The first kappa shape index (κ1) is 9.73. The normalized spacial score (nSPS) is 16.3. The first-order chi connectivity index (χ1) is 6.68. The molecule has 14 heavy (non-hydrogen) atoms. The van der Waals surface area contributed by atoms with E-state index in [2.05, 4.69) is 15.9 Å². The molecule has 76 valence electrons. The number of hydrogen-bond donors (Lipinski definition) is 0. The second-order valence-corrected chi connectivity index (χ2v) is 4.16. The standard InChI is InChI=1S/C9H11BrN2O2/c1-11-6-7(10)5-8(11)9(13)12-3-2-4-14-12/h5-6H,2-4H2,1H3. The van der Waals surface area contributed by atoms with Crippen molar-refractivity contribution in [1.29, 1.82) is 0 Å². The Balaban J connectivity index is 2.21. The van der Waals surface area contributed by atoms with Crippen LogP contribution in [0.25, 0.3) is 0 Å². The number of carbonyl (C=O) groups excluding carboxylic acids is 1. The van der Waals surface area contributed by atoms with Crippen LogP contribution in [0.4, 0.5) is 0 Å². The number of rotatable bonds is 1. The van der Waals surface area contributed by atoms with E-state index in [1.807, 2.05) is 13.2 Å². The summed E-state index contributed by atoms with van der Waals surface area (Å²) < 4.78 is 2.69. The van der Waals surface area contributed by atoms with Crippen LogP contribution in [-0.2, 0) is 11.9 Å². The third-order valence-electron chi connectivity index (χ3n) is 2.17. The van der Waals surface area contributed by atoms with E-state index < -0.39 is 0 Å². The van der Waals surface area contributed by atoms with Crippen LogP contribution in [0.2, 0.25) is 0 Å². The number of nitrogens with zero attached hydrogens (tertiary/aromatic N) is 2. The summed E-state index contributed by atoms with van der Waals surface area (Å²) in [6, 6.07) is 1.80. The molecular formula is C9H11BrN2O2. The fraction of sp³-hybridized carbons (Fsp3) is 0.444. The summed E-state index contributed by atoms with van der Waals surface area (Å²) in [7, 11) is 1.84. The van der Waals surface area contributed by atoms with Gasteiger partial charge < -0.3 is 4.57 Å². The number of aryl methyl sites for hydroxylation is 1. The second kappa shape index (κ2) is 3.74. The lowest BCUT2D eigenvalue weighted by Crippen LogP contribution is -2.28. The highest BCUT2D eigenvalue weighted by Crippen LogP contribution is 2.17. The summed E-state index contributed by atoms with van der Waals surface area (Å²) in [6.07, 6.45) is 2.76. The van der Waals surface area contributed by atoms with Crippen LogP contribution >= 0.6 is 15.9 Å². The molecule has 0 unspecified atom stereocenters. The quantitative estimate of drug-likeness (QED) is 0.767. The van der Waals surface area contributed by atoms with Crippen molar-refractivity contribution >= 4 is 21.8 Å². The Labute approximate surface area is 90.5 Å². The van der Waals surface area contributed by atoms with Crippen LogP contribution in [0.3, 0.4) is 0 Å². The molecule has 1 aliphatic heterocycles. The second-order valence-electron chi connectivity index (χ2n) is 3.25. The highest BCUT2D eigenvalue weighted by atomic mass is 79.9. The van der Waals surface area contributed by atoms with Gasteiger partial charge >= 0.3 is 0 Å². The Bertz CT molecular complexity index is 356. The predicted molar refractivity (Wildman–Crippen MR) is 54.7 cm³/mol. The van der Waals surface area contributed by atoms with Crippen LogP contribution in [0.1, 0.15) is 16.9 Å². The van der Waals surface area contributed by atoms with Crippen LogP contribution < -0.4 is 0 Å². The number of halogens is 1. The average Bonchev–Trinajstić information content (AvgIpc) is 2.73. The number of amides is 1. The minimum atomic E-state index is -0.0734. The zero-order valence-corrected chi connectivity index (χ0v) is 9.45. The molecule has 0 aromatic carbocycles. The van der Waals surface area contributed by atoms with E-state index in [1.165, 1.54) is 5.06 Å². The third kappa shape index (κ3) is 1.69. The van der Waals surface area contributed by atoms with E-state index in [1.54, 1.807) is 10.6 Å². The fourth-order valence-electron chi connectivity index (χ4n) is 1.47. The predicted octanol–water partition coefficient (Wildman–Crippen LogP) is 1.57. The summed E-state index contributed by atoms with van der Waals surface area (Å²) in [5, 5.41) is 1.42. The lowest BCUT2D eigenvalue weighted by atomic mass is 10.4. The third-order valence-corrected chi connectivity index (χ3v) is 2.60. The van der Waals surface area contributed by atoms with Crippen molar-refractivity contribution < 1.29 is 9.63 Å². The summed E-state index contributed by atoms with van der Waals surface area (Å²) in [6.45, 7) is 1.32. The molecule has 1 saturated heterocycles. The molecule has 0 radical (unpaired) electrons. The SMILES string of the molecule is Cn1cc(Br)cc1C(=O)N1CCCO1. The first-order valence-electron chi connectivity index (χ1n) is 4.45. The van der Waals surface area contributed by atoms with Gasteiger partial charge in [-0.25, -0.2) is 5.06 Å². The van der Waals surface area contributed by atoms with Gasteiger partial charge in [-0.15, -0.1) is 0 Å². The fourth-order valence-corrected chi connectivity index (χ4v) is 2.00. The Kier molecular flexibility index (Phi) is 2.60. The number of hydrogen-bond acceptors (Lipinski definition) is 2. The topological polar surface area (TPSA) is 34.5 Å². The van der Waals surface area contributed by atoms with E-state index in [0.29, 0.717) is 18.8 Å². The molecule has 0 saturated carbocycles. The summed E-state index contributed by atoms with van der Waals surface area (Å²) >= 11 is 3.33. The molecule has 0 atom stereocenters. The molecule has 1 aromatic heterocycles. The molecule has 1 aliphatic rings. The van der Waals surface area contributed by atoms with Gasteiger partial charge in [0.1, 0.15) is 5.69 Å².